The van der Waals surface area contributed by atoms with E-state index in [9.17, 15) is 9.59 Å². The van der Waals surface area contributed by atoms with Gasteiger partial charge in [-0.1, -0.05) is 31.0 Å². The minimum atomic E-state index is -0.147. The second kappa shape index (κ2) is 8.49. The van der Waals surface area contributed by atoms with Crippen molar-refractivity contribution in [2.24, 2.45) is 0 Å². The number of benzene rings is 2. The Morgan fingerprint density at radius 2 is 1.75 bits per heavy atom. The lowest BCUT2D eigenvalue weighted by atomic mass is 9.71. The van der Waals surface area contributed by atoms with Gasteiger partial charge in [-0.15, -0.1) is 0 Å². The predicted octanol–water partition coefficient (Wildman–Crippen LogP) is 3.99. The van der Waals surface area contributed by atoms with Gasteiger partial charge in [0.2, 0.25) is 5.91 Å². The lowest BCUT2D eigenvalue weighted by Gasteiger charge is -2.46. The minimum absolute atomic E-state index is 0.0133. The summed E-state index contributed by atoms with van der Waals surface area (Å²) in [4.78, 5) is 27.6. The van der Waals surface area contributed by atoms with Crippen molar-refractivity contribution in [2.75, 3.05) is 26.3 Å². The molecule has 2 heterocycles. The normalized spacial score (nSPS) is 20.7. The molecule has 2 aromatic rings. The molecule has 0 unspecified atom stereocenters. The second-order valence-electron chi connectivity index (χ2n) is 9.14. The van der Waals surface area contributed by atoms with E-state index in [1.165, 1.54) is 24.0 Å². The predicted molar refractivity (Wildman–Crippen MR) is 121 cm³/mol. The van der Waals surface area contributed by atoms with Crippen LogP contribution in [0, 0.1) is 0 Å². The summed E-state index contributed by atoms with van der Waals surface area (Å²) in [5, 5.41) is 2.88. The standard InChI is InChI=1S/C26H30N2O4/c1-18-20-15-22-23(32-14-13-31-22)16-21(20)26(10-5-6-11-26)17-28(18)24(29)9-12-27-25(30)19-7-3-2-4-8-19/h2-4,7-8,15-16,18H,5-6,9-14,17H2,1H3,(H,27,30)/t18-/m1/s1. The fraction of sp³-hybridized carbons (Fsp3) is 0.462. The zero-order valence-corrected chi connectivity index (χ0v) is 18.6. The highest BCUT2D eigenvalue weighted by Gasteiger charge is 2.46. The molecule has 0 radical (unpaired) electrons. The Balaban J connectivity index is 1.34. The number of hydrogen-bond acceptors (Lipinski definition) is 4. The van der Waals surface area contributed by atoms with Gasteiger partial charge in [0.15, 0.2) is 11.5 Å². The number of carbonyl (C=O) groups is 2. The molecule has 1 fully saturated rings. The number of hydrogen-bond donors (Lipinski definition) is 1. The van der Waals surface area contributed by atoms with E-state index in [1.54, 1.807) is 12.1 Å². The summed E-state index contributed by atoms with van der Waals surface area (Å²) in [6, 6.07) is 13.3. The number of nitrogens with zero attached hydrogens (tertiary/aromatic N) is 1. The third-order valence-corrected chi connectivity index (χ3v) is 7.22. The Labute approximate surface area is 188 Å². The van der Waals surface area contributed by atoms with Gasteiger partial charge in [0.1, 0.15) is 13.2 Å². The summed E-state index contributed by atoms with van der Waals surface area (Å²) in [5.74, 6) is 1.54. The van der Waals surface area contributed by atoms with Gasteiger partial charge >= 0.3 is 0 Å². The fourth-order valence-corrected chi connectivity index (χ4v) is 5.53. The molecule has 1 saturated carbocycles. The van der Waals surface area contributed by atoms with Crippen molar-refractivity contribution in [3.05, 3.63) is 59.2 Å². The Hall–Kier alpha value is -3.02. The molecule has 0 saturated heterocycles. The zero-order valence-electron chi connectivity index (χ0n) is 18.6. The summed E-state index contributed by atoms with van der Waals surface area (Å²) in [7, 11) is 0. The molecule has 0 aromatic heterocycles. The highest BCUT2D eigenvalue weighted by Crippen LogP contribution is 2.51. The van der Waals surface area contributed by atoms with Crippen molar-refractivity contribution in [1.29, 1.82) is 0 Å². The highest BCUT2D eigenvalue weighted by atomic mass is 16.6. The number of rotatable bonds is 4. The molecule has 168 valence electrons. The Morgan fingerprint density at radius 1 is 1.06 bits per heavy atom. The van der Waals surface area contributed by atoms with Crippen LogP contribution in [0.3, 0.4) is 0 Å². The summed E-state index contributed by atoms with van der Waals surface area (Å²) >= 11 is 0. The minimum Gasteiger partial charge on any atom is -0.486 e. The average Bonchev–Trinajstić information content (AvgIpc) is 3.30. The van der Waals surface area contributed by atoms with Gasteiger partial charge in [0.05, 0.1) is 6.04 Å². The first-order chi connectivity index (χ1) is 15.6. The molecule has 1 spiro atoms. The first kappa shape index (κ1) is 20.9. The molecule has 32 heavy (non-hydrogen) atoms. The second-order valence-corrected chi connectivity index (χ2v) is 9.14. The van der Waals surface area contributed by atoms with Gasteiger partial charge in [-0.2, -0.15) is 0 Å². The molecular formula is C26H30N2O4. The summed E-state index contributed by atoms with van der Waals surface area (Å²) in [6.07, 6.45) is 4.81. The number of amides is 2. The lowest BCUT2D eigenvalue weighted by Crippen LogP contribution is -2.49. The van der Waals surface area contributed by atoms with Crippen LogP contribution in [0.4, 0.5) is 0 Å². The van der Waals surface area contributed by atoms with Crippen LogP contribution < -0.4 is 14.8 Å². The van der Waals surface area contributed by atoms with Crippen LogP contribution in [-0.4, -0.2) is 43.0 Å². The maximum atomic E-state index is 13.3. The van der Waals surface area contributed by atoms with Crippen molar-refractivity contribution < 1.29 is 19.1 Å². The Kier molecular flexibility index (Phi) is 5.53. The molecule has 1 aliphatic carbocycles. The van der Waals surface area contributed by atoms with Gasteiger partial charge in [0, 0.05) is 30.5 Å². The van der Waals surface area contributed by atoms with Gasteiger partial charge in [-0.25, -0.2) is 0 Å². The van der Waals surface area contributed by atoms with E-state index in [0.717, 1.165) is 30.9 Å². The first-order valence-corrected chi connectivity index (χ1v) is 11.6. The zero-order chi connectivity index (χ0) is 22.1. The Bertz CT molecular complexity index is 1010. The molecule has 2 aromatic carbocycles. The van der Waals surface area contributed by atoms with E-state index in [-0.39, 0.29) is 23.3 Å². The fourth-order valence-electron chi connectivity index (χ4n) is 5.53. The largest absolute Gasteiger partial charge is 0.486 e. The van der Waals surface area contributed by atoms with E-state index in [4.69, 9.17) is 9.47 Å². The first-order valence-electron chi connectivity index (χ1n) is 11.6. The number of fused-ring (bicyclic) bond motifs is 3. The molecule has 6 nitrogen and oxygen atoms in total. The molecule has 3 aliphatic rings. The molecule has 2 amide bonds. The van der Waals surface area contributed by atoms with Crippen molar-refractivity contribution in [1.82, 2.24) is 10.2 Å². The molecule has 1 atom stereocenters. The van der Waals surface area contributed by atoms with Gasteiger partial charge in [-0.05, 0) is 55.2 Å². The summed E-state index contributed by atoms with van der Waals surface area (Å²) in [5.41, 5.74) is 3.09. The molecule has 2 aliphatic heterocycles. The van der Waals surface area contributed by atoms with Crippen LogP contribution in [0.5, 0.6) is 11.5 Å². The van der Waals surface area contributed by atoms with Crippen molar-refractivity contribution in [2.45, 2.75) is 50.5 Å². The number of nitrogens with one attached hydrogen (secondary N) is 1. The smallest absolute Gasteiger partial charge is 0.251 e. The summed E-state index contributed by atoms with van der Waals surface area (Å²) in [6.45, 7) is 4.28. The van der Waals surface area contributed by atoms with E-state index >= 15 is 0 Å². The van der Waals surface area contributed by atoms with Crippen LogP contribution in [-0.2, 0) is 10.2 Å². The monoisotopic (exact) mass is 434 g/mol. The number of carbonyl (C=O) groups excluding carboxylic acids is 2. The maximum absolute atomic E-state index is 13.3. The van der Waals surface area contributed by atoms with Crippen LogP contribution >= 0.6 is 0 Å². The van der Waals surface area contributed by atoms with Crippen molar-refractivity contribution >= 4 is 11.8 Å². The van der Waals surface area contributed by atoms with Crippen LogP contribution in [0.2, 0.25) is 0 Å². The molecule has 1 N–H and O–H groups in total. The maximum Gasteiger partial charge on any atom is 0.251 e. The third kappa shape index (κ3) is 3.72. The van der Waals surface area contributed by atoms with Crippen molar-refractivity contribution in [3.63, 3.8) is 0 Å². The topological polar surface area (TPSA) is 67.9 Å². The van der Waals surface area contributed by atoms with E-state index in [0.29, 0.717) is 31.7 Å². The quantitative estimate of drug-likeness (QED) is 0.790. The van der Waals surface area contributed by atoms with Gasteiger partial charge in [-0.3, -0.25) is 9.59 Å². The average molecular weight is 435 g/mol. The van der Waals surface area contributed by atoms with E-state index in [2.05, 4.69) is 24.4 Å². The third-order valence-electron chi connectivity index (χ3n) is 7.22. The number of ether oxygens (including phenoxy) is 2. The Morgan fingerprint density at radius 3 is 2.47 bits per heavy atom. The van der Waals surface area contributed by atoms with Crippen LogP contribution in [0.25, 0.3) is 0 Å². The SMILES string of the molecule is C[C@@H]1c2cc3c(cc2C2(CCCC2)CN1C(=O)CCNC(=O)c1ccccc1)OCCO3. The molecular weight excluding hydrogens is 404 g/mol. The van der Waals surface area contributed by atoms with Crippen molar-refractivity contribution in [3.8, 4) is 11.5 Å². The highest BCUT2D eigenvalue weighted by molar-refractivity contribution is 5.94. The molecule has 5 rings (SSSR count). The lowest BCUT2D eigenvalue weighted by molar-refractivity contribution is -0.135. The van der Waals surface area contributed by atoms with Crippen LogP contribution in [0.1, 0.15) is 66.6 Å². The van der Waals surface area contributed by atoms with E-state index < -0.39 is 0 Å². The van der Waals surface area contributed by atoms with Crippen LogP contribution in [0.15, 0.2) is 42.5 Å². The summed E-state index contributed by atoms with van der Waals surface area (Å²) < 4.78 is 11.7. The molecule has 6 heteroatoms. The van der Waals surface area contributed by atoms with E-state index in [1.807, 2.05) is 23.1 Å². The van der Waals surface area contributed by atoms with Gasteiger partial charge < -0.3 is 19.7 Å². The van der Waals surface area contributed by atoms with Gasteiger partial charge in [0.25, 0.3) is 5.91 Å². The molecule has 0 bridgehead atoms.